The minimum Gasteiger partial charge on any atom is -0.497 e. The number of rotatable bonds is 12. The lowest BCUT2D eigenvalue weighted by Crippen LogP contribution is -2.25. The Morgan fingerprint density at radius 1 is 1.06 bits per heavy atom. The van der Waals surface area contributed by atoms with Gasteiger partial charge in [-0.1, -0.05) is 36.0 Å². The number of nitrogens with zero attached hydrogens (tertiary/aromatic N) is 3. The van der Waals surface area contributed by atoms with Crippen LogP contribution in [0.15, 0.2) is 72.1 Å². The summed E-state index contributed by atoms with van der Waals surface area (Å²) in [5, 5.41) is 3.87. The number of thioether (sulfide) groups is 1. The van der Waals surface area contributed by atoms with Crippen molar-refractivity contribution in [1.29, 1.82) is 0 Å². The van der Waals surface area contributed by atoms with Gasteiger partial charge in [0.05, 0.1) is 30.9 Å². The fourth-order valence-electron chi connectivity index (χ4n) is 3.65. The Balaban J connectivity index is 1.41. The second kappa shape index (κ2) is 12.4. The summed E-state index contributed by atoms with van der Waals surface area (Å²) in [5.74, 6) is 1.52. The molecule has 0 radical (unpaired) electrons. The Morgan fingerprint density at radius 3 is 2.57 bits per heavy atom. The van der Waals surface area contributed by atoms with Crippen LogP contribution in [0.4, 0.5) is 0 Å². The largest absolute Gasteiger partial charge is 0.497 e. The number of methoxy groups -OCH3 is 1. The predicted molar refractivity (Wildman–Crippen MR) is 139 cm³/mol. The van der Waals surface area contributed by atoms with Crippen LogP contribution in [0.2, 0.25) is 0 Å². The van der Waals surface area contributed by atoms with Crippen molar-refractivity contribution >= 4 is 28.7 Å². The van der Waals surface area contributed by atoms with Gasteiger partial charge in [-0.05, 0) is 54.8 Å². The SMILES string of the molecule is CCOCCCNC(=O)c1ccc(CSc2nc3ccncc3n2Cc2ccc(OC)cc2)cc1. The van der Waals surface area contributed by atoms with Crippen LogP contribution in [-0.4, -0.2) is 47.3 Å². The quantitative estimate of drug-likeness (QED) is 0.224. The molecule has 0 unspecified atom stereocenters. The molecule has 182 valence electrons. The first kappa shape index (κ1) is 24.8. The highest BCUT2D eigenvalue weighted by Gasteiger charge is 2.13. The van der Waals surface area contributed by atoms with Gasteiger partial charge in [-0.15, -0.1) is 0 Å². The molecule has 7 nitrogen and oxygen atoms in total. The van der Waals surface area contributed by atoms with E-state index in [4.69, 9.17) is 14.5 Å². The molecule has 4 aromatic rings. The summed E-state index contributed by atoms with van der Waals surface area (Å²) < 4.78 is 12.8. The second-order valence-electron chi connectivity index (χ2n) is 7.98. The van der Waals surface area contributed by atoms with Gasteiger partial charge in [0.15, 0.2) is 5.16 Å². The monoisotopic (exact) mass is 490 g/mol. The molecule has 2 aromatic heterocycles. The highest BCUT2D eigenvalue weighted by atomic mass is 32.2. The topological polar surface area (TPSA) is 78.3 Å². The smallest absolute Gasteiger partial charge is 0.251 e. The molecule has 8 heteroatoms. The third-order valence-corrected chi connectivity index (χ3v) is 6.60. The summed E-state index contributed by atoms with van der Waals surface area (Å²) >= 11 is 1.67. The molecule has 2 heterocycles. The average molecular weight is 491 g/mol. The molecule has 1 amide bonds. The predicted octanol–water partition coefficient (Wildman–Crippen LogP) is 4.94. The Kier molecular flexibility index (Phi) is 8.75. The average Bonchev–Trinajstić information content (AvgIpc) is 3.25. The molecule has 0 aliphatic heterocycles. The molecule has 1 N–H and O–H groups in total. The number of hydrogen-bond acceptors (Lipinski definition) is 6. The number of imidazole rings is 1. The number of ether oxygens (including phenoxy) is 2. The number of benzene rings is 2. The summed E-state index contributed by atoms with van der Waals surface area (Å²) in [7, 11) is 1.67. The number of pyridine rings is 1. The molecular formula is C27H30N4O3S. The van der Waals surface area contributed by atoms with Crippen molar-refractivity contribution in [2.75, 3.05) is 26.9 Å². The minimum absolute atomic E-state index is 0.0607. The van der Waals surface area contributed by atoms with Crippen LogP contribution >= 0.6 is 11.8 Å². The van der Waals surface area contributed by atoms with Crippen LogP contribution in [0.3, 0.4) is 0 Å². The molecule has 0 saturated carbocycles. The lowest BCUT2D eigenvalue weighted by atomic mass is 10.1. The zero-order valence-electron chi connectivity index (χ0n) is 20.1. The van der Waals surface area contributed by atoms with Crippen molar-refractivity contribution in [3.63, 3.8) is 0 Å². The molecule has 0 atom stereocenters. The van der Waals surface area contributed by atoms with Gasteiger partial charge in [0.25, 0.3) is 5.91 Å². The number of carbonyl (C=O) groups is 1. The molecule has 0 aliphatic rings. The van der Waals surface area contributed by atoms with Crippen molar-refractivity contribution in [1.82, 2.24) is 19.9 Å². The summed E-state index contributed by atoms with van der Waals surface area (Å²) in [6.07, 6.45) is 4.43. The molecule has 35 heavy (non-hydrogen) atoms. The molecule has 0 saturated heterocycles. The van der Waals surface area contributed by atoms with Crippen LogP contribution in [0, 0.1) is 0 Å². The van der Waals surface area contributed by atoms with E-state index in [1.807, 2.05) is 55.6 Å². The highest BCUT2D eigenvalue weighted by Crippen LogP contribution is 2.28. The standard InChI is InChI=1S/C27H30N4O3S/c1-3-34-16-4-14-29-26(32)22-9-5-21(6-10-22)19-35-27-30-24-13-15-28-17-25(24)31(27)18-20-7-11-23(33-2)12-8-20/h5-13,15,17H,3-4,14,16,18-19H2,1-2H3,(H,29,32). The van der Waals surface area contributed by atoms with Crippen molar-refractivity contribution in [2.24, 2.45) is 0 Å². The highest BCUT2D eigenvalue weighted by molar-refractivity contribution is 7.98. The molecular weight excluding hydrogens is 460 g/mol. The van der Waals surface area contributed by atoms with E-state index in [1.165, 1.54) is 0 Å². The van der Waals surface area contributed by atoms with Gasteiger partial charge in [0.2, 0.25) is 0 Å². The first-order valence-corrected chi connectivity index (χ1v) is 12.7. The van der Waals surface area contributed by atoms with Gasteiger partial charge in [0, 0.05) is 37.3 Å². The van der Waals surface area contributed by atoms with Crippen molar-refractivity contribution in [3.05, 3.63) is 83.7 Å². The normalized spacial score (nSPS) is 11.0. The summed E-state index contributed by atoms with van der Waals surface area (Å²) in [4.78, 5) is 21.5. The number of nitrogens with one attached hydrogen (secondary N) is 1. The molecule has 0 spiro atoms. The molecule has 0 fully saturated rings. The van der Waals surface area contributed by atoms with Gasteiger partial charge < -0.3 is 19.4 Å². The molecule has 0 aliphatic carbocycles. The van der Waals surface area contributed by atoms with Gasteiger partial charge in [-0.3, -0.25) is 9.78 Å². The van der Waals surface area contributed by atoms with E-state index >= 15 is 0 Å². The van der Waals surface area contributed by atoms with E-state index in [9.17, 15) is 4.79 Å². The van der Waals surface area contributed by atoms with Crippen molar-refractivity contribution in [3.8, 4) is 5.75 Å². The first-order chi connectivity index (χ1) is 17.2. The second-order valence-corrected chi connectivity index (χ2v) is 8.93. The number of fused-ring (bicyclic) bond motifs is 1. The first-order valence-electron chi connectivity index (χ1n) is 11.7. The van der Waals surface area contributed by atoms with Crippen LogP contribution in [-0.2, 0) is 17.0 Å². The fourth-order valence-corrected chi connectivity index (χ4v) is 4.62. The van der Waals surface area contributed by atoms with Gasteiger partial charge in [-0.2, -0.15) is 0 Å². The van der Waals surface area contributed by atoms with Crippen molar-refractivity contribution < 1.29 is 14.3 Å². The Labute approximate surface area is 209 Å². The maximum absolute atomic E-state index is 12.3. The van der Waals surface area contributed by atoms with E-state index < -0.39 is 0 Å². The lowest BCUT2D eigenvalue weighted by molar-refractivity contribution is 0.0944. The molecule has 0 bridgehead atoms. The number of carbonyl (C=O) groups excluding carboxylic acids is 1. The minimum atomic E-state index is -0.0607. The van der Waals surface area contributed by atoms with E-state index in [-0.39, 0.29) is 5.91 Å². The maximum atomic E-state index is 12.3. The summed E-state index contributed by atoms with van der Waals surface area (Å²) in [5.41, 5.74) is 4.87. The van der Waals surface area contributed by atoms with Gasteiger partial charge in [0.1, 0.15) is 5.75 Å². The van der Waals surface area contributed by atoms with Crippen molar-refractivity contribution in [2.45, 2.75) is 30.8 Å². The van der Waals surface area contributed by atoms with Gasteiger partial charge >= 0.3 is 0 Å². The lowest BCUT2D eigenvalue weighted by Gasteiger charge is -2.10. The molecule has 2 aromatic carbocycles. The third kappa shape index (κ3) is 6.61. The van der Waals surface area contributed by atoms with E-state index in [1.54, 1.807) is 25.1 Å². The summed E-state index contributed by atoms with van der Waals surface area (Å²) in [6.45, 7) is 4.62. The van der Waals surface area contributed by atoms with Gasteiger partial charge in [-0.25, -0.2) is 4.98 Å². The van der Waals surface area contributed by atoms with E-state index in [0.717, 1.165) is 45.2 Å². The van der Waals surface area contributed by atoms with Crippen LogP contribution in [0.25, 0.3) is 11.0 Å². The number of amides is 1. The Morgan fingerprint density at radius 2 is 1.83 bits per heavy atom. The van der Waals surface area contributed by atoms with E-state index in [0.29, 0.717) is 31.9 Å². The Bertz CT molecular complexity index is 1240. The van der Waals surface area contributed by atoms with E-state index in [2.05, 4.69) is 27.0 Å². The van der Waals surface area contributed by atoms with Crippen LogP contribution in [0.5, 0.6) is 5.75 Å². The maximum Gasteiger partial charge on any atom is 0.251 e. The molecule has 4 rings (SSSR count). The van der Waals surface area contributed by atoms with Crippen LogP contribution < -0.4 is 10.1 Å². The Hall–Kier alpha value is -3.36. The number of hydrogen-bond donors (Lipinski definition) is 1. The number of aromatic nitrogens is 3. The summed E-state index contributed by atoms with van der Waals surface area (Å²) in [6, 6.07) is 17.8. The fraction of sp³-hybridized carbons (Fsp3) is 0.296. The zero-order chi connectivity index (χ0) is 24.5. The van der Waals surface area contributed by atoms with Crippen LogP contribution in [0.1, 0.15) is 34.8 Å². The third-order valence-electron chi connectivity index (χ3n) is 5.55. The zero-order valence-corrected chi connectivity index (χ0v) is 20.9.